The quantitative estimate of drug-likeness (QED) is 0.549. The summed E-state index contributed by atoms with van der Waals surface area (Å²) in [6.45, 7) is 0. The van der Waals surface area contributed by atoms with Crippen molar-refractivity contribution in [3.05, 3.63) is 12.2 Å². The first-order valence-corrected chi connectivity index (χ1v) is 10.2. The fourth-order valence-corrected chi connectivity index (χ4v) is 8.76. The van der Waals surface area contributed by atoms with E-state index in [9.17, 15) is 9.59 Å². The number of likely N-dealkylation sites (tertiary alicyclic amines) is 1. The molecule has 0 radical (unpaired) electrons. The van der Waals surface area contributed by atoms with E-state index in [-0.39, 0.29) is 29.2 Å². The van der Waals surface area contributed by atoms with E-state index in [0.717, 1.165) is 37.0 Å². The highest BCUT2D eigenvalue weighted by Gasteiger charge is 2.70. The molecule has 0 aromatic heterocycles. The lowest BCUT2D eigenvalue weighted by Crippen LogP contribution is -2.62. The molecule has 9 aliphatic rings. The predicted octanol–water partition coefficient (Wildman–Crippen LogP) is 3.01. The van der Waals surface area contributed by atoms with Gasteiger partial charge >= 0.3 is 0 Å². The highest BCUT2D eigenvalue weighted by molar-refractivity contribution is 6.07. The average molecular weight is 323 g/mol. The summed E-state index contributed by atoms with van der Waals surface area (Å²) in [5.74, 6) is 5.00. The van der Waals surface area contributed by atoms with Crippen LogP contribution in [0, 0.1) is 53.3 Å². The molecule has 6 atom stereocenters. The van der Waals surface area contributed by atoms with Gasteiger partial charge in [0.25, 0.3) is 0 Å². The van der Waals surface area contributed by atoms with E-state index in [1.807, 2.05) is 4.90 Å². The Hall–Kier alpha value is -1.12. The number of carbonyl (C=O) groups excluding carboxylic acids is 2. The van der Waals surface area contributed by atoms with Crippen LogP contribution in [0.25, 0.3) is 0 Å². The third-order valence-corrected chi connectivity index (χ3v) is 9.14. The molecule has 1 saturated heterocycles. The lowest BCUT2D eigenvalue weighted by molar-refractivity contribution is -0.159. The summed E-state index contributed by atoms with van der Waals surface area (Å²) in [6, 6.07) is 0. The number of nitrogens with zero attached hydrogens (tertiary/aromatic N) is 1. The maximum Gasteiger partial charge on any atom is 0.234 e. The van der Waals surface area contributed by atoms with Crippen LogP contribution in [0.5, 0.6) is 0 Å². The molecule has 1 aliphatic heterocycles. The van der Waals surface area contributed by atoms with Gasteiger partial charge in [0, 0.05) is 0 Å². The van der Waals surface area contributed by atoms with Gasteiger partial charge in [0.15, 0.2) is 0 Å². The molecule has 0 aromatic carbocycles. The van der Waals surface area contributed by atoms with E-state index in [0.29, 0.717) is 23.7 Å². The Balaban J connectivity index is 1.32. The summed E-state index contributed by atoms with van der Waals surface area (Å²) in [7, 11) is 0. The molecular formula is C21H25NO2. The lowest BCUT2D eigenvalue weighted by atomic mass is 9.52. The number of allylic oxidation sites excluding steroid dienone is 2. The minimum absolute atomic E-state index is 0.00394. The van der Waals surface area contributed by atoms with Gasteiger partial charge < -0.3 is 0 Å². The number of amides is 2. The molecule has 24 heavy (non-hydrogen) atoms. The van der Waals surface area contributed by atoms with Crippen molar-refractivity contribution in [1.29, 1.82) is 0 Å². The van der Waals surface area contributed by atoms with Gasteiger partial charge in [0.05, 0.1) is 17.4 Å². The zero-order chi connectivity index (χ0) is 15.8. The fourth-order valence-electron chi connectivity index (χ4n) is 8.76. The minimum Gasteiger partial charge on any atom is -0.276 e. The molecule has 6 saturated carbocycles. The molecule has 126 valence electrons. The molecule has 0 spiro atoms. The van der Waals surface area contributed by atoms with E-state index in [1.54, 1.807) is 0 Å². The number of hydrogen-bond acceptors (Lipinski definition) is 2. The molecular weight excluding hydrogens is 298 g/mol. The van der Waals surface area contributed by atoms with Crippen molar-refractivity contribution < 1.29 is 9.59 Å². The Morgan fingerprint density at radius 1 is 0.750 bits per heavy atom. The molecule has 1 heterocycles. The third-order valence-electron chi connectivity index (χ3n) is 9.14. The minimum atomic E-state index is -0.0795. The van der Waals surface area contributed by atoms with E-state index in [2.05, 4.69) is 12.2 Å². The zero-order valence-corrected chi connectivity index (χ0v) is 14.1. The summed E-state index contributed by atoms with van der Waals surface area (Å²) in [5, 5.41) is 0. The maximum absolute atomic E-state index is 13.5. The number of rotatable bonds is 1. The molecule has 0 unspecified atom stereocenters. The lowest BCUT2D eigenvalue weighted by Gasteiger charge is -2.59. The summed E-state index contributed by atoms with van der Waals surface area (Å²) >= 11 is 0. The summed E-state index contributed by atoms with van der Waals surface area (Å²) in [6.07, 6.45) is 13.3. The van der Waals surface area contributed by atoms with Gasteiger partial charge in [-0.3, -0.25) is 14.5 Å². The van der Waals surface area contributed by atoms with E-state index in [4.69, 9.17) is 0 Å². The smallest absolute Gasteiger partial charge is 0.234 e. The topological polar surface area (TPSA) is 37.4 Å². The molecule has 2 amide bonds. The molecule has 8 aliphatic carbocycles. The van der Waals surface area contributed by atoms with Crippen LogP contribution in [0.2, 0.25) is 0 Å². The Labute approximate surface area is 142 Å². The SMILES string of the molecule is O=C1[C@@H]2[C@H]3C=C[C@@H]([C@@H]4C[C@H]34)[C@H]2C(=O)N1C12CC3CC(CC(C3)C1)C2. The van der Waals surface area contributed by atoms with Crippen molar-refractivity contribution in [2.24, 2.45) is 53.3 Å². The largest absolute Gasteiger partial charge is 0.276 e. The Bertz CT molecular complexity index is 637. The van der Waals surface area contributed by atoms with Crippen LogP contribution in [-0.2, 0) is 9.59 Å². The van der Waals surface area contributed by atoms with Crippen LogP contribution in [-0.4, -0.2) is 22.3 Å². The van der Waals surface area contributed by atoms with Gasteiger partial charge in [-0.1, -0.05) is 12.2 Å². The molecule has 6 bridgehead atoms. The number of carbonyl (C=O) groups is 2. The normalized spacial score (nSPS) is 61.5. The standard InChI is InChI=1S/C21H25NO2/c23-19-17-13-1-2-14(16-6-15(13)16)18(17)20(24)22(19)21-7-10-3-11(8-21)5-12(4-10)9-21/h1-2,10-18H,3-9H2/t10?,11?,12?,13-,14-,15-,16+,17+,18+,21?/m0/s1. The second-order valence-electron chi connectivity index (χ2n) is 10.3. The van der Waals surface area contributed by atoms with Crippen LogP contribution in [0.4, 0.5) is 0 Å². The predicted molar refractivity (Wildman–Crippen MR) is 87.5 cm³/mol. The first-order chi connectivity index (χ1) is 11.6. The highest BCUT2D eigenvalue weighted by Crippen LogP contribution is 2.67. The molecule has 9 rings (SSSR count). The Morgan fingerprint density at radius 2 is 1.21 bits per heavy atom. The van der Waals surface area contributed by atoms with Crippen molar-refractivity contribution in [2.75, 3.05) is 0 Å². The molecule has 7 fully saturated rings. The second-order valence-corrected chi connectivity index (χ2v) is 10.3. The second kappa shape index (κ2) is 3.83. The maximum atomic E-state index is 13.5. The van der Waals surface area contributed by atoms with Crippen LogP contribution in [0.15, 0.2) is 12.2 Å². The van der Waals surface area contributed by atoms with Crippen molar-refractivity contribution in [3.8, 4) is 0 Å². The van der Waals surface area contributed by atoms with Gasteiger partial charge in [-0.25, -0.2) is 0 Å². The van der Waals surface area contributed by atoms with Crippen LogP contribution in [0.1, 0.15) is 44.9 Å². The van der Waals surface area contributed by atoms with Crippen molar-refractivity contribution in [3.63, 3.8) is 0 Å². The Morgan fingerprint density at radius 3 is 1.67 bits per heavy atom. The fraction of sp³-hybridized carbons (Fsp3) is 0.810. The first-order valence-electron chi connectivity index (χ1n) is 10.2. The molecule has 0 aromatic rings. The van der Waals surface area contributed by atoms with Crippen molar-refractivity contribution in [2.45, 2.75) is 50.5 Å². The molecule has 3 nitrogen and oxygen atoms in total. The van der Waals surface area contributed by atoms with Crippen LogP contribution in [0.3, 0.4) is 0 Å². The van der Waals surface area contributed by atoms with E-state index < -0.39 is 0 Å². The summed E-state index contributed by atoms with van der Waals surface area (Å²) in [5.41, 5.74) is -0.0795. The number of hydrogen-bond donors (Lipinski definition) is 0. The van der Waals surface area contributed by atoms with E-state index in [1.165, 1.54) is 25.7 Å². The van der Waals surface area contributed by atoms with Gasteiger partial charge in [0.2, 0.25) is 11.8 Å². The van der Waals surface area contributed by atoms with Gasteiger partial charge in [-0.2, -0.15) is 0 Å². The number of imide groups is 1. The third kappa shape index (κ3) is 1.33. The molecule has 0 N–H and O–H groups in total. The van der Waals surface area contributed by atoms with Gasteiger partial charge in [-0.05, 0) is 86.4 Å². The monoisotopic (exact) mass is 323 g/mol. The summed E-state index contributed by atoms with van der Waals surface area (Å²) in [4.78, 5) is 28.9. The van der Waals surface area contributed by atoms with Crippen LogP contribution < -0.4 is 0 Å². The van der Waals surface area contributed by atoms with Crippen LogP contribution >= 0.6 is 0 Å². The van der Waals surface area contributed by atoms with E-state index >= 15 is 0 Å². The zero-order valence-electron chi connectivity index (χ0n) is 14.1. The van der Waals surface area contributed by atoms with Crippen molar-refractivity contribution >= 4 is 11.8 Å². The first kappa shape index (κ1) is 13.1. The Kier molecular flexibility index (Phi) is 2.10. The summed E-state index contributed by atoms with van der Waals surface area (Å²) < 4.78 is 0. The molecule has 3 heteroatoms. The van der Waals surface area contributed by atoms with Crippen molar-refractivity contribution in [1.82, 2.24) is 4.90 Å². The average Bonchev–Trinajstić information content (AvgIpc) is 3.30. The van der Waals surface area contributed by atoms with Gasteiger partial charge in [-0.15, -0.1) is 0 Å². The van der Waals surface area contributed by atoms with Gasteiger partial charge in [0.1, 0.15) is 0 Å². The highest BCUT2D eigenvalue weighted by atomic mass is 16.2.